The van der Waals surface area contributed by atoms with E-state index in [1.54, 1.807) is 6.07 Å². The van der Waals surface area contributed by atoms with Gasteiger partial charge in [-0.05, 0) is 11.4 Å². The molecule has 0 unspecified atom stereocenters. The van der Waals surface area contributed by atoms with Crippen LogP contribution in [0.4, 0.5) is 0 Å². The summed E-state index contributed by atoms with van der Waals surface area (Å²) in [6.45, 7) is 0. The molecule has 0 spiro atoms. The predicted octanol–water partition coefficient (Wildman–Crippen LogP) is 0.347. The molecule has 0 aromatic carbocycles. The summed E-state index contributed by atoms with van der Waals surface area (Å²) >= 11 is 0. The molecule has 0 heterocycles. The summed E-state index contributed by atoms with van der Waals surface area (Å²) in [4.78, 5) is 22.0. The number of ether oxygens (including phenoxy) is 2. The van der Waals surface area contributed by atoms with Crippen LogP contribution in [0, 0.1) is 16.7 Å². The first kappa shape index (κ1) is 13.6. The third-order valence-corrected chi connectivity index (χ3v) is 1.61. The van der Waals surface area contributed by atoms with Crippen LogP contribution in [0.1, 0.15) is 6.42 Å². The van der Waals surface area contributed by atoms with Gasteiger partial charge in [0.15, 0.2) is 0 Å². The maximum atomic E-state index is 11.0. The van der Waals surface area contributed by atoms with Crippen molar-refractivity contribution in [2.24, 2.45) is 0 Å². The molecule has 0 aromatic heterocycles. The highest BCUT2D eigenvalue weighted by atomic mass is 16.5. The summed E-state index contributed by atoms with van der Waals surface area (Å²) in [5, 5.41) is 15.5. The molecule has 0 fully saturated rings. The van der Waals surface area contributed by atoms with Crippen molar-refractivity contribution in [1.82, 2.24) is 0 Å². The number of nitriles is 1. The summed E-state index contributed by atoms with van der Waals surface area (Å²) in [6.07, 6.45) is 0.664. The van der Waals surface area contributed by atoms with Gasteiger partial charge in [-0.1, -0.05) is 0 Å². The third-order valence-electron chi connectivity index (χ3n) is 1.61. The maximum absolute atomic E-state index is 11.0. The molecule has 1 N–H and O–H groups in total. The molecule has 84 valence electrons. The fourth-order valence-electron chi connectivity index (χ4n) is 0.820. The number of hydrogen-bond acceptors (Lipinski definition) is 6. The highest BCUT2D eigenvalue weighted by Crippen LogP contribution is 2.12. The van der Waals surface area contributed by atoms with Gasteiger partial charge in [-0.2, -0.15) is 5.26 Å². The van der Waals surface area contributed by atoms with Gasteiger partial charge < -0.3 is 9.47 Å². The first-order chi connectivity index (χ1) is 7.58. The van der Waals surface area contributed by atoms with Crippen LogP contribution in [-0.2, 0) is 19.1 Å². The lowest BCUT2D eigenvalue weighted by atomic mass is 10.1. The molecule has 0 rings (SSSR count). The minimum Gasteiger partial charge on any atom is -0.469 e. The number of hydrogen-bond donors (Lipinski definition) is 1. The van der Waals surface area contributed by atoms with Crippen molar-refractivity contribution in [3.05, 3.63) is 17.2 Å². The Morgan fingerprint density at radius 2 is 2.00 bits per heavy atom. The van der Waals surface area contributed by atoms with E-state index < -0.39 is 11.9 Å². The number of rotatable bonds is 4. The fraction of sp³-hybridized carbons (Fsp3) is 0.300. The summed E-state index contributed by atoms with van der Waals surface area (Å²) in [5.74, 6) is 0.485. The van der Waals surface area contributed by atoms with Crippen LogP contribution < -0.4 is 0 Å². The SMILES string of the molecule is COC(=O)C=C(CC(=O)OC)C(=C=N)C#N. The molecule has 0 bridgehead atoms. The Labute approximate surface area is 92.3 Å². The van der Waals surface area contributed by atoms with Gasteiger partial charge in [0, 0.05) is 6.08 Å². The molecule has 0 saturated heterocycles. The molecule has 0 aliphatic carbocycles. The minimum absolute atomic E-state index is 0.0381. The average molecular weight is 222 g/mol. The van der Waals surface area contributed by atoms with Gasteiger partial charge in [-0.25, -0.2) is 4.79 Å². The van der Waals surface area contributed by atoms with Crippen LogP contribution in [0.15, 0.2) is 17.2 Å². The lowest BCUT2D eigenvalue weighted by molar-refractivity contribution is -0.139. The van der Waals surface area contributed by atoms with Crippen LogP contribution in [0.25, 0.3) is 0 Å². The van der Waals surface area contributed by atoms with Gasteiger partial charge in [0.05, 0.1) is 20.6 Å². The lowest BCUT2D eigenvalue weighted by Crippen LogP contribution is -2.06. The van der Waals surface area contributed by atoms with E-state index in [9.17, 15) is 9.59 Å². The second-order valence-electron chi connectivity index (χ2n) is 2.56. The Bertz CT molecular complexity index is 411. The first-order valence-electron chi connectivity index (χ1n) is 4.14. The summed E-state index contributed by atoms with van der Waals surface area (Å²) in [7, 11) is 2.34. The van der Waals surface area contributed by atoms with Crippen molar-refractivity contribution < 1.29 is 19.1 Å². The van der Waals surface area contributed by atoms with Crippen LogP contribution in [-0.4, -0.2) is 32.0 Å². The Balaban J connectivity index is 5.15. The smallest absolute Gasteiger partial charge is 0.330 e. The van der Waals surface area contributed by atoms with Crippen molar-refractivity contribution >= 4 is 17.8 Å². The van der Waals surface area contributed by atoms with E-state index in [1.165, 1.54) is 7.11 Å². The summed E-state index contributed by atoms with van der Waals surface area (Å²) in [6, 6.07) is 1.64. The zero-order valence-electron chi connectivity index (χ0n) is 8.86. The quantitative estimate of drug-likeness (QED) is 0.243. The molecule has 0 saturated carbocycles. The molecule has 16 heavy (non-hydrogen) atoms. The highest BCUT2D eigenvalue weighted by Gasteiger charge is 2.13. The average Bonchev–Trinajstić information content (AvgIpc) is 2.29. The standard InChI is InChI=1S/C10H10N2O4/c1-15-9(13)3-7(4-10(14)16-2)8(5-11)6-12/h3,11H,4H2,1-2H3. The molecule has 0 aliphatic rings. The number of carbonyl (C=O) groups is 2. The number of methoxy groups -OCH3 is 2. The number of esters is 2. The van der Waals surface area contributed by atoms with Crippen molar-refractivity contribution in [3.8, 4) is 6.07 Å². The second kappa shape index (κ2) is 6.98. The van der Waals surface area contributed by atoms with Gasteiger partial charge in [0.2, 0.25) is 0 Å². The van der Waals surface area contributed by atoms with E-state index in [0.717, 1.165) is 13.2 Å². The van der Waals surface area contributed by atoms with E-state index in [2.05, 4.69) is 9.47 Å². The highest BCUT2D eigenvalue weighted by molar-refractivity contribution is 5.88. The lowest BCUT2D eigenvalue weighted by Gasteiger charge is -2.02. The van der Waals surface area contributed by atoms with Crippen LogP contribution in [0.3, 0.4) is 0 Å². The predicted molar refractivity (Wildman–Crippen MR) is 53.6 cm³/mol. The van der Waals surface area contributed by atoms with Crippen LogP contribution in [0.5, 0.6) is 0 Å². The Hall–Kier alpha value is -2.38. The normalized spacial score (nSPS) is 9.69. The van der Waals surface area contributed by atoms with Crippen LogP contribution >= 0.6 is 0 Å². The van der Waals surface area contributed by atoms with E-state index in [0.29, 0.717) is 0 Å². The zero-order valence-corrected chi connectivity index (χ0v) is 8.86. The van der Waals surface area contributed by atoms with Gasteiger partial charge in [0.1, 0.15) is 11.6 Å². The Morgan fingerprint density at radius 3 is 2.38 bits per heavy atom. The van der Waals surface area contributed by atoms with Gasteiger partial charge >= 0.3 is 11.9 Å². The number of nitrogens with zero attached hydrogens (tertiary/aromatic N) is 1. The Morgan fingerprint density at radius 1 is 1.38 bits per heavy atom. The van der Waals surface area contributed by atoms with Crippen molar-refractivity contribution in [1.29, 1.82) is 10.7 Å². The van der Waals surface area contributed by atoms with E-state index in [1.807, 2.05) is 5.87 Å². The number of nitrogens with one attached hydrogen (secondary N) is 1. The first-order valence-corrected chi connectivity index (χ1v) is 4.14. The van der Waals surface area contributed by atoms with E-state index >= 15 is 0 Å². The molecule has 6 heteroatoms. The summed E-state index contributed by atoms with van der Waals surface area (Å²) in [5.41, 5.74) is -0.174. The molecule has 0 atom stereocenters. The zero-order chi connectivity index (χ0) is 12.6. The van der Waals surface area contributed by atoms with Crippen LogP contribution in [0.2, 0.25) is 0 Å². The topological polar surface area (TPSA) is 100 Å². The largest absolute Gasteiger partial charge is 0.469 e. The molecule has 6 nitrogen and oxygen atoms in total. The monoisotopic (exact) mass is 222 g/mol. The van der Waals surface area contributed by atoms with Gasteiger partial charge in [-0.3, -0.25) is 10.2 Å². The second-order valence-corrected chi connectivity index (χ2v) is 2.56. The van der Waals surface area contributed by atoms with Crippen molar-refractivity contribution in [2.75, 3.05) is 14.2 Å². The molecule has 0 radical (unpaired) electrons. The minimum atomic E-state index is -0.720. The molecule has 0 aromatic rings. The number of allylic oxidation sites excluding steroid dienone is 1. The third kappa shape index (κ3) is 4.22. The van der Waals surface area contributed by atoms with Crippen molar-refractivity contribution in [3.63, 3.8) is 0 Å². The molecular weight excluding hydrogens is 212 g/mol. The summed E-state index contributed by atoms with van der Waals surface area (Å²) < 4.78 is 8.75. The fourth-order valence-corrected chi connectivity index (χ4v) is 0.820. The molecular formula is C10H10N2O4. The maximum Gasteiger partial charge on any atom is 0.330 e. The van der Waals surface area contributed by atoms with Gasteiger partial charge in [0.25, 0.3) is 0 Å². The Kier molecular flexibility index (Phi) is 5.95. The molecule has 0 aliphatic heterocycles. The molecule has 0 amide bonds. The van der Waals surface area contributed by atoms with Gasteiger partial charge in [-0.15, -0.1) is 0 Å². The number of carbonyl (C=O) groups excluding carboxylic acids is 2. The van der Waals surface area contributed by atoms with E-state index in [4.69, 9.17) is 10.7 Å². The van der Waals surface area contributed by atoms with Crippen molar-refractivity contribution in [2.45, 2.75) is 6.42 Å². The van der Waals surface area contributed by atoms with E-state index in [-0.39, 0.29) is 17.6 Å².